The minimum absolute atomic E-state index is 0.0950. The zero-order chi connectivity index (χ0) is 16.7. The van der Waals surface area contributed by atoms with E-state index in [2.05, 4.69) is 10.6 Å². The summed E-state index contributed by atoms with van der Waals surface area (Å²) in [4.78, 5) is 23.4. The number of amides is 1. The molecular formula is C18H22N2O3. The van der Waals surface area contributed by atoms with Crippen LogP contribution >= 0.6 is 0 Å². The first-order valence-corrected chi connectivity index (χ1v) is 7.85. The maximum atomic E-state index is 12.2. The molecule has 0 spiro atoms. The van der Waals surface area contributed by atoms with Crippen molar-refractivity contribution < 1.29 is 14.7 Å². The van der Waals surface area contributed by atoms with Gasteiger partial charge in [-0.25, -0.2) is 0 Å². The molecule has 23 heavy (non-hydrogen) atoms. The predicted molar refractivity (Wildman–Crippen MR) is 91.5 cm³/mol. The van der Waals surface area contributed by atoms with E-state index in [1.54, 1.807) is 0 Å². The Hall–Kier alpha value is -2.40. The van der Waals surface area contributed by atoms with Crippen LogP contribution in [0.4, 0.5) is 5.69 Å². The number of carboxylic acid groups (broad SMARTS) is 1. The fourth-order valence-electron chi connectivity index (χ4n) is 2.42. The summed E-state index contributed by atoms with van der Waals surface area (Å²) in [6.07, 6.45) is 1.76. The number of hydrogen-bond donors (Lipinski definition) is 3. The van der Waals surface area contributed by atoms with E-state index >= 15 is 0 Å². The molecule has 2 aromatic rings. The molecule has 2 aromatic carbocycles. The molecule has 0 saturated heterocycles. The molecular weight excluding hydrogens is 292 g/mol. The van der Waals surface area contributed by atoms with Crippen LogP contribution in [-0.2, 0) is 9.59 Å². The molecule has 1 atom stereocenters. The fraction of sp³-hybridized carbons (Fsp3) is 0.333. The molecule has 0 radical (unpaired) electrons. The highest BCUT2D eigenvalue weighted by Gasteiger charge is 2.20. The Morgan fingerprint density at radius 1 is 1.13 bits per heavy atom. The summed E-state index contributed by atoms with van der Waals surface area (Å²) >= 11 is 0. The van der Waals surface area contributed by atoms with Crippen LogP contribution < -0.4 is 10.6 Å². The Bertz CT molecular complexity index is 680. The van der Waals surface area contributed by atoms with Gasteiger partial charge in [0.1, 0.15) is 6.04 Å². The van der Waals surface area contributed by atoms with Gasteiger partial charge in [-0.15, -0.1) is 0 Å². The van der Waals surface area contributed by atoms with Gasteiger partial charge in [-0.05, 0) is 24.4 Å². The number of carbonyl (C=O) groups is 2. The fourth-order valence-corrected chi connectivity index (χ4v) is 2.42. The van der Waals surface area contributed by atoms with E-state index in [4.69, 9.17) is 0 Å². The van der Waals surface area contributed by atoms with Crippen LogP contribution in [0.3, 0.4) is 0 Å². The number of rotatable bonds is 8. The molecule has 0 heterocycles. The van der Waals surface area contributed by atoms with E-state index < -0.39 is 12.0 Å². The molecule has 0 fully saturated rings. The van der Waals surface area contributed by atoms with Crippen LogP contribution in [0.2, 0.25) is 0 Å². The minimum Gasteiger partial charge on any atom is -0.480 e. The van der Waals surface area contributed by atoms with Gasteiger partial charge in [-0.1, -0.05) is 49.7 Å². The van der Waals surface area contributed by atoms with E-state index in [0.717, 1.165) is 23.6 Å². The van der Waals surface area contributed by atoms with Crippen LogP contribution in [0, 0.1) is 0 Å². The van der Waals surface area contributed by atoms with Crippen molar-refractivity contribution in [3.8, 4) is 0 Å². The summed E-state index contributed by atoms with van der Waals surface area (Å²) < 4.78 is 0. The lowest BCUT2D eigenvalue weighted by Crippen LogP contribution is -2.40. The van der Waals surface area contributed by atoms with E-state index in [1.165, 1.54) is 0 Å². The predicted octanol–water partition coefficient (Wildman–Crippen LogP) is 3.01. The van der Waals surface area contributed by atoms with E-state index in [-0.39, 0.29) is 12.3 Å². The van der Waals surface area contributed by atoms with E-state index in [9.17, 15) is 14.7 Å². The number of unbranched alkanes of at least 4 members (excludes halogenated alkanes) is 1. The van der Waals surface area contributed by atoms with Gasteiger partial charge in [-0.3, -0.25) is 9.59 Å². The van der Waals surface area contributed by atoms with Crippen molar-refractivity contribution in [1.82, 2.24) is 5.32 Å². The Morgan fingerprint density at radius 2 is 1.87 bits per heavy atom. The highest BCUT2D eigenvalue weighted by Crippen LogP contribution is 2.23. The number of carbonyl (C=O) groups excluding carboxylic acids is 1. The lowest BCUT2D eigenvalue weighted by Gasteiger charge is -2.15. The standard InChI is InChI=1S/C18H22N2O3/c1-2-3-11-19-16(18(22)23)12-17(21)20-15-10-6-8-13-7-4-5-9-14(13)15/h4-10,16,19H,2-3,11-12H2,1H3,(H,20,21)(H,22,23). The number of anilines is 1. The number of nitrogens with one attached hydrogen (secondary N) is 2. The first kappa shape index (κ1) is 17.0. The van der Waals surface area contributed by atoms with Gasteiger partial charge in [0.25, 0.3) is 0 Å². The van der Waals surface area contributed by atoms with Crippen molar-refractivity contribution in [3.63, 3.8) is 0 Å². The lowest BCUT2D eigenvalue weighted by molar-refractivity contribution is -0.141. The number of aliphatic carboxylic acids is 1. The molecule has 0 aromatic heterocycles. The second-order valence-corrected chi connectivity index (χ2v) is 5.48. The summed E-state index contributed by atoms with van der Waals surface area (Å²) in [5.74, 6) is -1.31. The van der Waals surface area contributed by atoms with Gasteiger partial charge in [0.15, 0.2) is 0 Å². The summed E-state index contributed by atoms with van der Waals surface area (Å²) in [5.41, 5.74) is 0.700. The van der Waals surface area contributed by atoms with Crippen molar-refractivity contribution in [1.29, 1.82) is 0 Å². The first-order valence-electron chi connectivity index (χ1n) is 7.85. The Balaban J connectivity index is 2.03. The summed E-state index contributed by atoms with van der Waals surface area (Å²) in [6.45, 7) is 2.62. The normalized spacial score (nSPS) is 12.0. The number of carboxylic acids is 1. The zero-order valence-corrected chi connectivity index (χ0v) is 13.2. The van der Waals surface area contributed by atoms with Crippen molar-refractivity contribution in [2.24, 2.45) is 0 Å². The van der Waals surface area contributed by atoms with Crippen molar-refractivity contribution >= 4 is 28.3 Å². The molecule has 0 aliphatic heterocycles. The average Bonchev–Trinajstić information content (AvgIpc) is 2.54. The Morgan fingerprint density at radius 3 is 2.61 bits per heavy atom. The van der Waals surface area contributed by atoms with Crippen molar-refractivity contribution in [3.05, 3.63) is 42.5 Å². The summed E-state index contributed by atoms with van der Waals surface area (Å²) in [7, 11) is 0. The maximum Gasteiger partial charge on any atom is 0.321 e. The van der Waals surface area contributed by atoms with Gasteiger partial charge in [-0.2, -0.15) is 0 Å². The quantitative estimate of drug-likeness (QED) is 0.655. The van der Waals surface area contributed by atoms with Gasteiger partial charge < -0.3 is 15.7 Å². The molecule has 0 bridgehead atoms. The highest BCUT2D eigenvalue weighted by molar-refractivity contribution is 6.03. The summed E-state index contributed by atoms with van der Waals surface area (Å²) in [5, 5.41) is 16.9. The third-order valence-electron chi connectivity index (χ3n) is 3.67. The van der Waals surface area contributed by atoms with E-state index in [0.29, 0.717) is 12.2 Å². The maximum absolute atomic E-state index is 12.2. The van der Waals surface area contributed by atoms with Gasteiger partial charge >= 0.3 is 5.97 Å². The highest BCUT2D eigenvalue weighted by atomic mass is 16.4. The second-order valence-electron chi connectivity index (χ2n) is 5.48. The molecule has 5 nitrogen and oxygen atoms in total. The number of fused-ring (bicyclic) bond motifs is 1. The van der Waals surface area contributed by atoms with Crippen LogP contribution in [0.1, 0.15) is 26.2 Å². The second kappa shape index (κ2) is 8.29. The lowest BCUT2D eigenvalue weighted by atomic mass is 10.1. The Labute approximate surface area is 135 Å². The molecule has 1 unspecified atom stereocenters. The minimum atomic E-state index is -1.01. The van der Waals surface area contributed by atoms with E-state index in [1.807, 2.05) is 49.4 Å². The van der Waals surface area contributed by atoms with Gasteiger partial charge in [0.05, 0.1) is 6.42 Å². The number of benzene rings is 2. The largest absolute Gasteiger partial charge is 0.480 e. The molecule has 0 aliphatic rings. The summed E-state index contributed by atoms with van der Waals surface area (Å²) in [6, 6.07) is 12.5. The third-order valence-corrected chi connectivity index (χ3v) is 3.67. The molecule has 0 aliphatic carbocycles. The molecule has 1 amide bonds. The smallest absolute Gasteiger partial charge is 0.321 e. The molecule has 3 N–H and O–H groups in total. The van der Waals surface area contributed by atoms with Crippen LogP contribution in [0.25, 0.3) is 10.8 Å². The molecule has 0 saturated carbocycles. The van der Waals surface area contributed by atoms with Crippen LogP contribution in [-0.4, -0.2) is 29.6 Å². The number of hydrogen-bond acceptors (Lipinski definition) is 3. The van der Waals surface area contributed by atoms with Crippen LogP contribution in [0.15, 0.2) is 42.5 Å². The zero-order valence-electron chi connectivity index (χ0n) is 13.2. The molecule has 5 heteroatoms. The third kappa shape index (κ3) is 4.79. The SMILES string of the molecule is CCCCNC(CC(=O)Nc1cccc2ccccc12)C(=O)O. The van der Waals surface area contributed by atoms with Crippen molar-refractivity contribution in [2.45, 2.75) is 32.2 Å². The first-order chi connectivity index (χ1) is 11.1. The van der Waals surface area contributed by atoms with Crippen molar-refractivity contribution in [2.75, 3.05) is 11.9 Å². The topological polar surface area (TPSA) is 78.4 Å². The monoisotopic (exact) mass is 314 g/mol. The molecule has 2 rings (SSSR count). The van der Waals surface area contributed by atoms with Crippen LogP contribution in [0.5, 0.6) is 0 Å². The van der Waals surface area contributed by atoms with Gasteiger partial charge in [0.2, 0.25) is 5.91 Å². The molecule has 122 valence electrons. The average molecular weight is 314 g/mol. The van der Waals surface area contributed by atoms with Gasteiger partial charge in [0, 0.05) is 11.1 Å². The Kier molecular flexibility index (Phi) is 6.11.